The Morgan fingerprint density at radius 3 is 2.11 bits per heavy atom. The molecule has 0 saturated heterocycles. The number of hydrogen-bond acceptors (Lipinski definition) is 2. The molecule has 0 unspecified atom stereocenters. The van der Waals surface area contributed by atoms with Crippen molar-refractivity contribution in [3.05, 3.63) is 46.0 Å². The predicted molar refractivity (Wildman–Crippen MR) is 61.3 cm³/mol. The van der Waals surface area contributed by atoms with Crippen molar-refractivity contribution in [2.75, 3.05) is 0 Å². The number of alkyl halides is 3. The van der Waals surface area contributed by atoms with E-state index in [2.05, 4.69) is 10.9 Å². The van der Waals surface area contributed by atoms with Crippen LogP contribution in [0.5, 0.6) is 0 Å². The van der Waals surface area contributed by atoms with Crippen LogP contribution in [0.1, 0.15) is 12.5 Å². The number of benzene rings is 1. The third kappa shape index (κ3) is 4.03. The fraction of sp³-hybridized carbons (Fsp3) is 0.167. The van der Waals surface area contributed by atoms with Crippen LogP contribution in [0.4, 0.5) is 18.9 Å². The van der Waals surface area contributed by atoms with E-state index in [1.165, 1.54) is 0 Å². The molecule has 0 aliphatic carbocycles. The molecule has 0 aliphatic heterocycles. The van der Waals surface area contributed by atoms with Crippen molar-refractivity contribution in [3.63, 3.8) is 0 Å². The second kappa shape index (κ2) is 5.44. The maximum atomic E-state index is 12.3. The van der Waals surface area contributed by atoms with Gasteiger partial charge in [0.25, 0.3) is 0 Å². The summed E-state index contributed by atoms with van der Waals surface area (Å²) in [6.45, 7) is 1.14. The second-order valence-electron chi connectivity index (χ2n) is 3.53. The van der Waals surface area contributed by atoms with E-state index in [0.29, 0.717) is 0 Å². The van der Waals surface area contributed by atoms with Crippen molar-refractivity contribution in [2.45, 2.75) is 13.1 Å². The van der Waals surface area contributed by atoms with Gasteiger partial charge in [-0.3, -0.25) is 0 Å². The van der Waals surface area contributed by atoms with Crippen molar-refractivity contribution < 1.29 is 28.2 Å². The van der Waals surface area contributed by atoms with Gasteiger partial charge in [0.1, 0.15) is 5.76 Å². The Morgan fingerprint density at radius 1 is 1.21 bits per heavy atom. The number of aliphatic hydroxyl groups excluding tert-OH is 1. The quantitative estimate of drug-likeness (QED) is 0.466. The van der Waals surface area contributed by atoms with E-state index < -0.39 is 29.0 Å². The van der Waals surface area contributed by atoms with Crippen LogP contribution in [-0.4, -0.2) is 16.2 Å². The number of aliphatic carboxylic acids is 1. The smallest absolute Gasteiger partial charge is 0.416 e. The van der Waals surface area contributed by atoms with Gasteiger partial charge in [0.2, 0.25) is 5.57 Å². The lowest BCUT2D eigenvalue weighted by Crippen LogP contribution is -2.03. The number of nitrogens with zero attached hydrogens (tertiary/aromatic N) is 1. The molecule has 0 aliphatic rings. The molecule has 19 heavy (non-hydrogen) atoms. The molecule has 4 nitrogen and oxygen atoms in total. The highest BCUT2D eigenvalue weighted by molar-refractivity contribution is 5.92. The third-order valence-electron chi connectivity index (χ3n) is 2.07. The minimum atomic E-state index is -4.44. The van der Waals surface area contributed by atoms with Gasteiger partial charge in [0, 0.05) is 12.1 Å². The molecule has 0 radical (unpaired) electrons. The average molecular weight is 272 g/mol. The zero-order valence-corrected chi connectivity index (χ0v) is 9.69. The SMILES string of the molecule is C/C(O)=C(\C#[N+]c1ccc(C(F)(F)F)cc1)C(=O)O. The Hall–Kier alpha value is -2.49. The number of halogens is 3. The van der Waals surface area contributed by atoms with Gasteiger partial charge < -0.3 is 10.2 Å². The Kier molecular flexibility index (Phi) is 4.17. The molecule has 100 valence electrons. The Balaban J connectivity index is 3.03. The molecule has 0 saturated carbocycles. The molecule has 0 amide bonds. The Labute approximate surface area is 106 Å². The van der Waals surface area contributed by atoms with E-state index in [-0.39, 0.29) is 5.69 Å². The number of allylic oxidation sites excluding steroid dienone is 1. The van der Waals surface area contributed by atoms with Crippen LogP contribution in [0.3, 0.4) is 0 Å². The Morgan fingerprint density at radius 2 is 1.74 bits per heavy atom. The van der Waals surface area contributed by atoms with Crippen LogP contribution in [0.2, 0.25) is 0 Å². The molecule has 2 N–H and O–H groups in total. The molecule has 1 aromatic carbocycles. The van der Waals surface area contributed by atoms with E-state index in [0.717, 1.165) is 31.2 Å². The van der Waals surface area contributed by atoms with Gasteiger partial charge in [-0.05, 0) is 23.9 Å². The molecule has 0 spiro atoms. The Bertz CT molecular complexity index is 573. The van der Waals surface area contributed by atoms with Crippen molar-refractivity contribution in [1.82, 2.24) is 0 Å². The van der Waals surface area contributed by atoms with Crippen LogP contribution < -0.4 is 0 Å². The van der Waals surface area contributed by atoms with Gasteiger partial charge in [0.15, 0.2) is 0 Å². The fourth-order valence-electron chi connectivity index (χ4n) is 1.13. The molecule has 0 fully saturated rings. The summed E-state index contributed by atoms with van der Waals surface area (Å²) in [5.41, 5.74) is -1.30. The number of carboxylic acids is 1. The van der Waals surface area contributed by atoms with Gasteiger partial charge in [-0.15, -0.1) is 0 Å². The first-order valence-electron chi connectivity index (χ1n) is 4.99. The predicted octanol–water partition coefficient (Wildman–Crippen LogP) is 3.59. The highest BCUT2D eigenvalue weighted by atomic mass is 19.4. The monoisotopic (exact) mass is 272 g/mol. The summed E-state index contributed by atoms with van der Waals surface area (Å²) < 4.78 is 36.8. The van der Waals surface area contributed by atoms with Gasteiger partial charge in [-0.25, -0.2) is 4.79 Å². The fourth-order valence-corrected chi connectivity index (χ4v) is 1.13. The first-order valence-corrected chi connectivity index (χ1v) is 4.99. The summed E-state index contributed by atoms with van der Waals surface area (Å²) >= 11 is 0. The number of hydrogen-bond donors (Lipinski definition) is 2. The summed E-state index contributed by atoms with van der Waals surface area (Å²) in [5.74, 6) is -1.93. The minimum absolute atomic E-state index is 0.0907. The van der Waals surface area contributed by atoms with Gasteiger partial charge >= 0.3 is 23.9 Å². The van der Waals surface area contributed by atoms with Crippen molar-refractivity contribution in [2.24, 2.45) is 0 Å². The maximum absolute atomic E-state index is 12.3. The van der Waals surface area contributed by atoms with Crippen LogP contribution in [0, 0.1) is 6.07 Å². The van der Waals surface area contributed by atoms with E-state index in [4.69, 9.17) is 10.2 Å². The van der Waals surface area contributed by atoms with Crippen LogP contribution in [0.15, 0.2) is 35.6 Å². The molecule has 1 aromatic rings. The molecule has 0 heterocycles. The molecule has 7 heteroatoms. The summed E-state index contributed by atoms with van der Waals surface area (Å²) in [6.07, 6.45) is -4.44. The molecular formula is C12H9F3NO3+. The maximum Gasteiger partial charge on any atom is 0.416 e. The zero-order chi connectivity index (χ0) is 14.6. The lowest BCUT2D eigenvalue weighted by Gasteiger charge is -2.03. The van der Waals surface area contributed by atoms with E-state index >= 15 is 0 Å². The minimum Gasteiger partial charge on any atom is -0.511 e. The third-order valence-corrected chi connectivity index (χ3v) is 2.07. The summed E-state index contributed by atoms with van der Waals surface area (Å²) in [6, 6.07) is 5.84. The van der Waals surface area contributed by atoms with Crippen LogP contribution in [0.25, 0.3) is 4.85 Å². The van der Waals surface area contributed by atoms with Crippen molar-refractivity contribution in [1.29, 1.82) is 0 Å². The van der Waals surface area contributed by atoms with Crippen LogP contribution in [-0.2, 0) is 11.0 Å². The standard InChI is InChI=1S/C12H8F3NO3/c1-7(17)10(11(18)19)6-16-9-4-2-8(3-5-9)12(13,14)15/h2-5H,1H3,(H,18,19)/p+1. The summed E-state index contributed by atoms with van der Waals surface area (Å²) in [5, 5.41) is 17.7. The first-order chi connectivity index (χ1) is 8.71. The largest absolute Gasteiger partial charge is 0.511 e. The van der Waals surface area contributed by atoms with E-state index in [1.807, 2.05) is 0 Å². The lowest BCUT2D eigenvalue weighted by molar-refractivity contribution is -0.137. The number of aliphatic hydroxyl groups is 1. The number of rotatable bonds is 1. The topological polar surface area (TPSA) is 61.9 Å². The number of carboxylic acid groups (broad SMARTS) is 1. The summed E-state index contributed by atoms with van der Waals surface area (Å²) in [4.78, 5) is 14.2. The molecule has 0 bridgehead atoms. The second-order valence-corrected chi connectivity index (χ2v) is 3.53. The van der Waals surface area contributed by atoms with Crippen LogP contribution >= 0.6 is 0 Å². The average Bonchev–Trinajstić information content (AvgIpc) is 2.27. The zero-order valence-electron chi connectivity index (χ0n) is 9.69. The van der Waals surface area contributed by atoms with Gasteiger partial charge in [-0.1, -0.05) is 0 Å². The normalized spacial score (nSPS) is 12.2. The van der Waals surface area contributed by atoms with E-state index in [9.17, 15) is 18.0 Å². The van der Waals surface area contributed by atoms with Crippen molar-refractivity contribution >= 4 is 11.7 Å². The molecule has 1 rings (SSSR count). The highest BCUT2D eigenvalue weighted by Gasteiger charge is 2.30. The molecule has 0 aromatic heterocycles. The summed E-state index contributed by atoms with van der Waals surface area (Å²) in [7, 11) is 0. The highest BCUT2D eigenvalue weighted by Crippen LogP contribution is 2.30. The van der Waals surface area contributed by atoms with Gasteiger partial charge in [-0.2, -0.15) is 13.2 Å². The number of carbonyl (C=O) groups is 1. The van der Waals surface area contributed by atoms with Gasteiger partial charge in [0.05, 0.1) is 5.56 Å². The lowest BCUT2D eigenvalue weighted by atomic mass is 10.2. The molecule has 0 atom stereocenters. The van der Waals surface area contributed by atoms with Crippen molar-refractivity contribution in [3.8, 4) is 6.07 Å². The molecular weight excluding hydrogens is 263 g/mol. The van der Waals surface area contributed by atoms with E-state index in [1.54, 1.807) is 0 Å². The first kappa shape index (κ1) is 14.6.